The van der Waals surface area contributed by atoms with Crippen LogP contribution in [-0.2, 0) is 9.59 Å². The molecule has 0 bridgehead atoms. The Morgan fingerprint density at radius 1 is 1.57 bits per heavy atom. The number of carbonyl (C=O) groups is 2. The van der Waals surface area contributed by atoms with E-state index in [1.165, 1.54) is 4.90 Å². The fourth-order valence-corrected chi connectivity index (χ4v) is 1.21. The molecule has 2 atom stereocenters. The van der Waals surface area contributed by atoms with Crippen LogP contribution in [0, 0.1) is 0 Å². The normalized spacial score (nSPS) is 12.2. The van der Waals surface area contributed by atoms with Crippen LogP contribution >= 0.6 is 9.39 Å². The molecule has 6 heteroatoms. The summed E-state index contributed by atoms with van der Waals surface area (Å²) in [5, 5.41) is 2.75. The summed E-state index contributed by atoms with van der Waals surface area (Å²) in [6.07, 6.45) is 0.808. The lowest BCUT2D eigenvalue weighted by Gasteiger charge is -2.23. The van der Waals surface area contributed by atoms with E-state index in [2.05, 4.69) is 14.5 Å². The van der Waals surface area contributed by atoms with Crippen molar-refractivity contribution in [2.75, 3.05) is 13.1 Å². The van der Waals surface area contributed by atoms with Gasteiger partial charge in [-0.25, -0.2) is 0 Å². The Balaban J connectivity index is 4.31. The average Bonchev–Trinajstić information content (AvgIpc) is 2.14. The van der Waals surface area contributed by atoms with Gasteiger partial charge < -0.3 is 10.6 Å². The van der Waals surface area contributed by atoms with Crippen molar-refractivity contribution in [2.45, 2.75) is 26.3 Å². The lowest BCUT2D eigenvalue weighted by atomic mass is 10.3. The van der Waals surface area contributed by atoms with Gasteiger partial charge in [-0.1, -0.05) is 16.3 Å². The van der Waals surface area contributed by atoms with Gasteiger partial charge in [0.05, 0.1) is 12.6 Å². The second-order valence-corrected chi connectivity index (χ2v) is 3.45. The molecule has 0 aromatic rings. The summed E-state index contributed by atoms with van der Waals surface area (Å²) < 4.78 is 0. The predicted molar refractivity (Wildman–Crippen MR) is 58.4 cm³/mol. The lowest BCUT2D eigenvalue weighted by Crippen LogP contribution is -2.46. The molecule has 0 radical (unpaired) electrons. The maximum Gasteiger partial charge on any atom is 0.240 e. The van der Waals surface area contributed by atoms with E-state index >= 15 is 0 Å². The highest BCUT2D eigenvalue weighted by atomic mass is 31.0. The molecule has 14 heavy (non-hydrogen) atoms. The van der Waals surface area contributed by atoms with E-state index in [-0.39, 0.29) is 18.5 Å². The highest BCUT2D eigenvalue weighted by Gasteiger charge is 2.19. The Morgan fingerprint density at radius 3 is 2.50 bits per heavy atom. The van der Waals surface area contributed by atoms with E-state index in [1.807, 2.05) is 6.92 Å². The smallest absolute Gasteiger partial charge is 0.240 e. The molecule has 0 rings (SSSR count). The summed E-state index contributed by atoms with van der Waals surface area (Å²) in [7, 11) is 2.28. The SMILES string of the molecule is CCCN(CC(N)=O)C(=O)C(C)NP. The number of nitrogens with two attached hydrogens (primary N) is 1. The zero-order valence-corrected chi connectivity index (χ0v) is 9.77. The standard InChI is InChI=1S/C8H18N3O2P/c1-3-4-11(5-7(9)12)8(13)6(2)10-14/h6,10H,3-5,14H2,1-2H3,(H2,9,12). The Kier molecular flexibility index (Phi) is 6.41. The van der Waals surface area contributed by atoms with Crippen LogP contribution in [0.1, 0.15) is 20.3 Å². The molecule has 0 spiro atoms. The number of nitrogens with zero attached hydrogens (tertiary/aromatic N) is 1. The van der Waals surface area contributed by atoms with Crippen LogP contribution in [0.25, 0.3) is 0 Å². The Labute approximate surface area is 86.7 Å². The first-order valence-electron chi connectivity index (χ1n) is 4.56. The maximum atomic E-state index is 11.6. The molecular weight excluding hydrogens is 201 g/mol. The first kappa shape index (κ1) is 13.3. The number of amides is 2. The van der Waals surface area contributed by atoms with Gasteiger partial charge in [-0.05, 0) is 13.3 Å². The largest absolute Gasteiger partial charge is 0.368 e. The molecule has 0 fully saturated rings. The number of carbonyl (C=O) groups excluding carboxylic acids is 2. The molecule has 2 unspecified atom stereocenters. The van der Waals surface area contributed by atoms with Crippen molar-refractivity contribution in [3.8, 4) is 0 Å². The Morgan fingerprint density at radius 2 is 2.14 bits per heavy atom. The topological polar surface area (TPSA) is 75.4 Å². The summed E-state index contributed by atoms with van der Waals surface area (Å²) in [5.41, 5.74) is 5.04. The summed E-state index contributed by atoms with van der Waals surface area (Å²) in [4.78, 5) is 23.8. The lowest BCUT2D eigenvalue weighted by molar-refractivity contribution is -0.136. The molecule has 3 N–H and O–H groups in total. The van der Waals surface area contributed by atoms with Crippen molar-refractivity contribution < 1.29 is 9.59 Å². The first-order chi connectivity index (χ1) is 6.52. The van der Waals surface area contributed by atoms with Crippen molar-refractivity contribution in [3.05, 3.63) is 0 Å². The van der Waals surface area contributed by atoms with Crippen LogP contribution in [0.15, 0.2) is 0 Å². The molecule has 0 aliphatic heterocycles. The van der Waals surface area contributed by atoms with E-state index in [0.717, 1.165) is 6.42 Å². The molecule has 82 valence electrons. The van der Waals surface area contributed by atoms with E-state index in [9.17, 15) is 9.59 Å². The highest BCUT2D eigenvalue weighted by molar-refractivity contribution is 7.13. The second-order valence-electron chi connectivity index (χ2n) is 3.11. The molecule has 0 aromatic heterocycles. The third kappa shape index (κ3) is 4.53. The van der Waals surface area contributed by atoms with Crippen LogP contribution in [0.2, 0.25) is 0 Å². The van der Waals surface area contributed by atoms with Crippen LogP contribution in [0.4, 0.5) is 0 Å². The van der Waals surface area contributed by atoms with Gasteiger partial charge in [0, 0.05) is 6.54 Å². The van der Waals surface area contributed by atoms with Crippen LogP contribution in [-0.4, -0.2) is 35.8 Å². The fourth-order valence-electron chi connectivity index (χ4n) is 1.07. The summed E-state index contributed by atoms with van der Waals surface area (Å²) in [5.74, 6) is -0.594. The quantitative estimate of drug-likeness (QED) is 0.590. The number of hydrogen-bond acceptors (Lipinski definition) is 3. The van der Waals surface area contributed by atoms with Gasteiger partial charge in [-0.3, -0.25) is 14.7 Å². The minimum absolute atomic E-state index is 0.0106. The van der Waals surface area contributed by atoms with Gasteiger partial charge in [0.2, 0.25) is 11.8 Å². The zero-order valence-electron chi connectivity index (χ0n) is 8.62. The molecule has 2 amide bonds. The van der Waals surface area contributed by atoms with E-state index in [4.69, 9.17) is 5.73 Å². The Bertz CT molecular complexity index is 211. The van der Waals surface area contributed by atoms with Gasteiger partial charge >= 0.3 is 0 Å². The van der Waals surface area contributed by atoms with Crippen molar-refractivity contribution in [2.24, 2.45) is 5.73 Å². The minimum atomic E-state index is -0.484. The summed E-state index contributed by atoms with van der Waals surface area (Å²) in [6.45, 7) is 4.22. The van der Waals surface area contributed by atoms with Gasteiger partial charge in [0.25, 0.3) is 0 Å². The Hall–Kier alpha value is -0.670. The van der Waals surface area contributed by atoms with Gasteiger partial charge in [-0.2, -0.15) is 0 Å². The van der Waals surface area contributed by atoms with E-state index < -0.39 is 5.91 Å². The first-order valence-corrected chi connectivity index (χ1v) is 5.13. The third-order valence-corrected chi connectivity index (χ3v) is 2.27. The van der Waals surface area contributed by atoms with Gasteiger partial charge in [0.15, 0.2) is 0 Å². The molecule has 0 heterocycles. The van der Waals surface area contributed by atoms with Gasteiger partial charge in [-0.15, -0.1) is 0 Å². The number of rotatable bonds is 6. The van der Waals surface area contributed by atoms with E-state index in [1.54, 1.807) is 6.92 Å². The average molecular weight is 219 g/mol. The van der Waals surface area contributed by atoms with Gasteiger partial charge in [0.1, 0.15) is 0 Å². The highest BCUT2D eigenvalue weighted by Crippen LogP contribution is 1.98. The number of primary amides is 1. The van der Waals surface area contributed by atoms with Crippen LogP contribution in [0.5, 0.6) is 0 Å². The maximum absolute atomic E-state index is 11.6. The van der Waals surface area contributed by atoms with Crippen molar-refractivity contribution in [1.82, 2.24) is 9.99 Å². The summed E-state index contributed by atoms with van der Waals surface area (Å²) in [6, 6.07) is -0.314. The predicted octanol–water partition coefficient (Wildman–Crippen LogP) is -0.522. The number of hydrogen-bond donors (Lipinski definition) is 2. The molecule has 0 aliphatic carbocycles. The molecule has 0 saturated carbocycles. The van der Waals surface area contributed by atoms with Crippen LogP contribution < -0.4 is 10.8 Å². The van der Waals surface area contributed by atoms with Crippen LogP contribution in [0.3, 0.4) is 0 Å². The molecular formula is C8H18N3O2P. The monoisotopic (exact) mass is 219 g/mol. The van der Waals surface area contributed by atoms with E-state index in [0.29, 0.717) is 6.54 Å². The molecule has 0 aliphatic rings. The summed E-state index contributed by atoms with van der Waals surface area (Å²) >= 11 is 0. The fraction of sp³-hybridized carbons (Fsp3) is 0.750. The second kappa shape index (κ2) is 6.74. The van der Waals surface area contributed by atoms with Crippen molar-refractivity contribution in [1.29, 1.82) is 0 Å². The minimum Gasteiger partial charge on any atom is -0.368 e. The third-order valence-electron chi connectivity index (χ3n) is 1.77. The van der Waals surface area contributed by atoms with Crippen molar-refractivity contribution >= 4 is 21.2 Å². The van der Waals surface area contributed by atoms with Crippen molar-refractivity contribution in [3.63, 3.8) is 0 Å². The molecule has 5 nitrogen and oxygen atoms in total. The number of nitrogens with one attached hydrogen (secondary N) is 1. The molecule has 0 aromatic carbocycles. The molecule has 0 saturated heterocycles. The zero-order chi connectivity index (χ0) is 11.1.